The van der Waals surface area contributed by atoms with Crippen molar-refractivity contribution in [1.82, 2.24) is 0 Å². The van der Waals surface area contributed by atoms with Crippen LogP contribution < -0.4 is 10.2 Å². The molecule has 0 heterocycles. The van der Waals surface area contributed by atoms with Crippen molar-refractivity contribution < 1.29 is 4.79 Å². The third-order valence-electron chi connectivity index (χ3n) is 2.82. The smallest absolute Gasteiger partial charge is 0.255 e. The Morgan fingerprint density at radius 3 is 2.40 bits per heavy atom. The number of carbonyl (C=O) groups is 1. The molecule has 0 spiro atoms. The Morgan fingerprint density at radius 2 is 1.80 bits per heavy atom. The first kappa shape index (κ1) is 14.9. The van der Waals surface area contributed by atoms with Crippen molar-refractivity contribution in [1.29, 1.82) is 0 Å². The molecule has 0 bridgehead atoms. The van der Waals surface area contributed by atoms with Crippen molar-refractivity contribution in [3.05, 3.63) is 57.5 Å². The number of rotatable bonds is 3. The molecule has 0 aliphatic rings. The molecular weight excluding hydrogens is 340 g/mol. The highest BCUT2D eigenvalue weighted by Crippen LogP contribution is 2.26. The summed E-state index contributed by atoms with van der Waals surface area (Å²) in [7, 11) is 3.91. The molecule has 2 aromatic rings. The molecule has 3 nitrogen and oxygen atoms in total. The predicted octanol–water partition coefficient (Wildman–Crippen LogP) is 4.42. The van der Waals surface area contributed by atoms with Crippen molar-refractivity contribution in [2.75, 3.05) is 24.3 Å². The lowest BCUT2D eigenvalue weighted by Crippen LogP contribution is -2.13. The fraction of sp³-hybridized carbons (Fsp3) is 0.133. The van der Waals surface area contributed by atoms with Gasteiger partial charge in [0.2, 0.25) is 0 Å². The van der Waals surface area contributed by atoms with E-state index in [1.54, 1.807) is 24.3 Å². The summed E-state index contributed by atoms with van der Waals surface area (Å²) < 4.78 is 0.861. The van der Waals surface area contributed by atoms with Gasteiger partial charge in [-0.05, 0) is 42.5 Å². The quantitative estimate of drug-likeness (QED) is 0.886. The summed E-state index contributed by atoms with van der Waals surface area (Å²) in [5.74, 6) is -0.185. The molecule has 2 aromatic carbocycles. The Morgan fingerprint density at radius 1 is 1.15 bits per heavy atom. The molecule has 104 valence electrons. The van der Waals surface area contributed by atoms with Crippen molar-refractivity contribution in [2.24, 2.45) is 0 Å². The van der Waals surface area contributed by atoms with Gasteiger partial charge in [0.25, 0.3) is 5.91 Å². The van der Waals surface area contributed by atoms with E-state index in [0.29, 0.717) is 16.3 Å². The number of halogens is 2. The molecule has 0 saturated heterocycles. The number of carbonyl (C=O) groups excluding carboxylic acids is 1. The predicted molar refractivity (Wildman–Crippen MR) is 87.9 cm³/mol. The fourth-order valence-corrected chi connectivity index (χ4v) is 2.22. The van der Waals surface area contributed by atoms with Gasteiger partial charge in [0.15, 0.2) is 0 Å². The molecule has 0 unspecified atom stereocenters. The first-order valence-corrected chi connectivity index (χ1v) is 7.18. The minimum atomic E-state index is -0.185. The zero-order chi connectivity index (χ0) is 14.7. The van der Waals surface area contributed by atoms with E-state index in [-0.39, 0.29) is 5.91 Å². The topological polar surface area (TPSA) is 32.3 Å². The van der Waals surface area contributed by atoms with Crippen molar-refractivity contribution in [2.45, 2.75) is 0 Å². The Hall–Kier alpha value is -1.52. The highest BCUT2D eigenvalue weighted by Gasteiger charge is 2.09. The third-order valence-corrected chi connectivity index (χ3v) is 3.65. The summed E-state index contributed by atoms with van der Waals surface area (Å²) in [5.41, 5.74) is 2.22. The van der Waals surface area contributed by atoms with Gasteiger partial charge in [-0.15, -0.1) is 0 Å². The minimum absolute atomic E-state index is 0.185. The van der Waals surface area contributed by atoms with Gasteiger partial charge in [-0.2, -0.15) is 0 Å². The Labute approximate surface area is 131 Å². The van der Waals surface area contributed by atoms with Gasteiger partial charge in [0.1, 0.15) is 0 Å². The minimum Gasteiger partial charge on any atom is -0.378 e. The largest absolute Gasteiger partial charge is 0.378 e. The van der Waals surface area contributed by atoms with Gasteiger partial charge in [0, 0.05) is 29.8 Å². The van der Waals surface area contributed by atoms with Gasteiger partial charge >= 0.3 is 0 Å². The lowest BCUT2D eigenvalue weighted by Gasteiger charge is -2.13. The van der Waals surface area contributed by atoms with Crippen LogP contribution in [0.4, 0.5) is 11.4 Å². The van der Waals surface area contributed by atoms with Gasteiger partial charge in [-0.25, -0.2) is 0 Å². The summed E-state index contributed by atoms with van der Waals surface area (Å²) in [4.78, 5) is 14.1. The second kappa shape index (κ2) is 6.29. The van der Waals surface area contributed by atoms with Crippen LogP contribution in [-0.4, -0.2) is 20.0 Å². The number of nitrogens with zero attached hydrogens (tertiary/aromatic N) is 1. The van der Waals surface area contributed by atoms with Crippen LogP contribution >= 0.6 is 27.5 Å². The van der Waals surface area contributed by atoms with Gasteiger partial charge in [0.05, 0.1) is 10.7 Å². The van der Waals surface area contributed by atoms with Crippen molar-refractivity contribution in [3.8, 4) is 0 Å². The second-order valence-electron chi connectivity index (χ2n) is 4.52. The lowest BCUT2D eigenvalue weighted by atomic mass is 10.2. The number of hydrogen-bond donors (Lipinski definition) is 1. The van der Waals surface area contributed by atoms with Gasteiger partial charge in [-0.3, -0.25) is 4.79 Å². The molecule has 0 saturated carbocycles. The maximum atomic E-state index is 12.2. The standard InChI is InChI=1S/C15H14BrClN2O/c1-19(2)12-6-3-10(4-7-12)15(20)18-14-9-11(16)5-8-13(14)17/h3-9H,1-2H3,(H,18,20). The zero-order valence-electron chi connectivity index (χ0n) is 11.2. The number of amides is 1. The van der Waals surface area contributed by atoms with E-state index >= 15 is 0 Å². The Balaban J connectivity index is 2.17. The molecule has 1 N–H and O–H groups in total. The summed E-state index contributed by atoms with van der Waals surface area (Å²) in [6, 6.07) is 12.7. The van der Waals surface area contributed by atoms with Gasteiger partial charge < -0.3 is 10.2 Å². The lowest BCUT2D eigenvalue weighted by molar-refractivity contribution is 0.102. The van der Waals surface area contributed by atoms with E-state index in [9.17, 15) is 4.79 Å². The second-order valence-corrected chi connectivity index (χ2v) is 5.84. The summed E-state index contributed by atoms with van der Waals surface area (Å²) in [6.07, 6.45) is 0. The molecule has 0 atom stereocenters. The molecule has 5 heteroatoms. The zero-order valence-corrected chi connectivity index (χ0v) is 13.5. The van der Waals surface area contributed by atoms with E-state index in [4.69, 9.17) is 11.6 Å². The number of nitrogens with one attached hydrogen (secondary N) is 1. The van der Waals surface area contributed by atoms with Crippen LogP contribution in [0.25, 0.3) is 0 Å². The van der Waals surface area contributed by atoms with Gasteiger partial charge in [-0.1, -0.05) is 27.5 Å². The summed E-state index contributed by atoms with van der Waals surface area (Å²) in [6.45, 7) is 0. The van der Waals surface area contributed by atoms with Crippen LogP contribution in [-0.2, 0) is 0 Å². The van der Waals surface area contributed by atoms with Crippen LogP contribution in [0.2, 0.25) is 5.02 Å². The summed E-state index contributed by atoms with van der Waals surface area (Å²) >= 11 is 9.40. The fourth-order valence-electron chi connectivity index (χ4n) is 1.70. The van der Waals surface area contributed by atoms with Crippen LogP contribution in [0.5, 0.6) is 0 Å². The monoisotopic (exact) mass is 352 g/mol. The summed E-state index contributed by atoms with van der Waals surface area (Å²) in [5, 5.41) is 3.31. The third kappa shape index (κ3) is 3.52. The molecule has 0 fully saturated rings. The molecular formula is C15H14BrClN2O. The van der Waals surface area contributed by atoms with E-state index in [2.05, 4.69) is 21.2 Å². The molecule has 0 aromatic heterocycles. The van der Waals surface area contributed by atoms with Crippen LogP contribution in [0.1, 0.15) is 10.4 Å². The molecule has 0 aliphatic heterocycles. The first-order valence-electron chi connectivity index (χ1n) is 6.01. The molecule has 1 amide bonds. The Kier molecular flexibility index (Phi) is 4.68. The highest BCUT2D eigenvalue weighted by atomic mass is 79.9. The van der Waals surface area contributed by atoms with Crippen molar-refractivity contribution in [3.63, 3.8) is 0 Å². The van der Waals surface area contributed by atoms with Crippen LogP contribution in [0.3, 0.4) is 0 Å². The molecule has 20 heavy (non-hydrogen) atoms. The van der Waals surface area contributed by atoms with Crippen molar-refractivity contribution >= 4 is 44.8 Å². The number of anilines is 2. The van der Waals surface area contributed by atoms with E-state index in [1.807, 2.05) is 37.2 Å². The van der Waals surface area contributed by atoms with E-state index < -0.39 is 0 Å². The van der Waals surface area contributed by atoms with E-state index in [1.165, 1.54) is 0 Å². The number of hydrogen-bond acceptors (Lipinski definition) is 2. The molecule has 0 radical (unpaired) electrons. The Bertz CT molecular complexity index is 626. The molecule has 2 rings (SSSR count). The highest BCUT2D eigenvalue weighted by molar-refractivity contribution is 9.10. The van der Waals surface area contributed by atoms with Crippen LogP contribution in [0.15, 0.2) is 46.9 Å². The number of benzene rings is 2. The SMILES string of the molecule is CN(C)c1ccc(C(=O)Nc2cc(Br)ccc2Cl)cc1. The maximum Gasteiger partial charge on any atom is 0.255 e. The average molecular weight is 354 g/mol. The maximum absolute atomic E-state index is 12.2. The van der Waals surface area contributed by atoms with Crippen LogP contribution in [0, 0.1) is 0 Å². The van der Waals surface area contributed by atoms with E-state index in [0.717, 1.165) is 10.2 Å². The first-order chi connectivity index (χ1) is 9.47. The average Bonchev–Trinajstić information content (AvgIpc) is 2.43. The normalized spacial score (nSPS) is 10.2. The molecule has 0 aliphatic carbocycles.